The summed E-state index contributed by atoms with van der Waals surface area (Å²) < 4.78 is 26.6. The quantitative estimate of drug-likeness (QED) is 0.566. The van der Waals surface area contributed by atoms with Crippen LogP contribution in [0.2, 0.25) is 5.02 Å². The molecule has 3 aromatic rings. The molecule has 4 rings (SSSR count). The first-order chi connectivity index (χ1) is 15.2. The van der Waals surface area contributed by atoms with Gasteiger partial charge in [-0.25, -0.2) is 8.42 Å². The molecule has 0 radical (unpaired) electrons. The Labute approximate surface area is 191 Å². The van der Waals surface area contributed by atoms with Gasteiger partial charge in [0.1, 0.15) is 0 Å². The number of benzene rings is 2. The van der Waals surface area contributed by atoms with Crippen molar-refractivity contribution in [1.29, 1.82) is 0 Å². The third-order valence-corrected chi connectivity index (χ3v) is 7.03. The number of halogens is 1. The molecule has 0 aliphatic carbocycles. The van der Waals surface area contributed by atoms with Crippen molar-refractivity contribution in [1.82, 2.24) is 14.7 Å². The third kappa shape index (κ3) is 5.29. The van der Waals surface area contributed by atoms with Gasteiger partial charge in [0.25, 0.3) is 0 Å². The number of hydrogen-bond donors (Lipinski definition) is 2. The zero-order valence-electron chi connectivity index (χ0n) is 17.7. The fourth-order valence-electron chi connectivity index (χ4n) is 3.88. The lowest BCUT2D eigenvalue weighted by Crippen LogP contribution is -2.37. The van der Waals surface area contributed by atoms with Gasteiger partial charge in [-0.15, -0.1) is 0 Å². The monoisotopic (exact) mass is 476 g/mol. The maximum Gasteiger partial charge on any atom is 0.228 e. The number of aliphatic hydroxyl groups is 1. The molecule has 2 aromatic carbocycles. The lowest BCUT2D eigenvalue weighted by molar-refractivity contribution is -0.115. The topological polar surface area (TPSA) is 105 Å². The Balaban J connectivity index is 1.59. The van der Waals surface area contributed by atoms with Gasteiger partial charge in [-0.3, -0.25) is 14.4 Å². The number of carbonyl (C=O) groups is 1. The molecule has 2 N–H and O–H groups in total. The summed E-state index contributed by atoms with van der Waals surface area (Å²) in [6.45, 7) is 2.00. The largest absolute Gasteiger partial charge is 0.393 e. The first-order valence-corrected chi connectivity index (χ1v) is 12.6. The van der Waals surface area contributed by atoms with Crippen molar-refractivity contribution in [3.63, 3.8) is 0 Å². The second-order valence-electron chi connectivity index (χ2n) is 8.15. The van der Waals surface area contributed by atoms with E-state index in [1.165, 1.54) is 6.07 Å². The molecule has 0 atom stereocenters. The van der Waals surface area contributed by atoms with E-state index < -0.39 is 9.84 Å². The lowest BCUT2D eigenvalue weighted by atomic mass is 10.1. The van der Waals surface area contributed by atoms with Crippen molar-refractivity contribution in [3.8, 4) is 0 Å². The standard InChI is InChI=1S/C22H25ClN4O4S/c1-32(30,31)21-12-16(24-22(29)10-15-4-2-3-5-19(15)23)11-20-18(21)13-27(25-20)14-26-8-6-17(28)7-9-26/h2-5,11-13,17,28H,6-10,14H2,1H3,(H,24,29). The minimum atomic E-state index is -3.55. The minimum absolute atomic E-state index is 0.0706. The highest BCUT2D eigenvalue weighted by Gasteiger charge is 2.20. The van der Waals surface area contributed by atoms with Crippen LogP contribution in [0, 0.1) is 0 Å². The summed E-state index contributed by atoms with van der Waals surface area (Å²) in [5.74, 6) is -0.303. The zero-order chi connectivity index (χ0) is 22.9. The number of anilines is 1. The molecule has 0 spiro atoms. The van der Waals surface area contributed by atoms with Crippen LogP contribution in [-0.4, -0.2) is 59.6 Å². The summed E-state index contributed by atoms with van der Waals surface area (Å²) in [6.07, 6.45) is 4.07. The van der Waals surface area contributed by atoms with E-state index in [1.54, 1.807) is 41.2 Å². The number of sulfone groups is 1. The minimum Gasteiger partial charge on any atom is -0.393 e. The Bertz CT molecular complexity index is 1250. The number of carbonyl (C=O) groups excluding carboxylic acids is 1. The van der Waals surface area contributed by atoms with Crippen LogP contribution in [0.25, 0.3) is 10.9 Å². The molecule has 170 valence electrons. The van der Waals surface area contributed by atoms with E-state index in [4.69, 9.17) is 11.6 Å². The summed E-state index contributed by atoms with van der Waals surface area (Å²) in [4.78, 5) is 14.8. The van der Waals surface area contributed by atoms with Gasteiger partial charge in [-0.1, -0.05) is 29.8 Å². The van der Waals surface area contributed by atoms with Crippen LogP contribution >= 0.6 is 11.6 Å². The molecular weight excluding hydrogens is 452 g/mol. The van der Waals surface area contributed by atoms with Crippen molar-refractivity contribution in [2.45, 2.75) is 36.9 Å². The lowest BCUT2D eigenvalue weighted by Gasteiger charge is -2.29. The molecule has 1 saturated heterocycles. The Kier molecular flexibility index (Phi) is 6.52. The van der Waals surface area contributed by atoms with E-state index in [0.717, 1.165) is 19.3 Å². The first kappa shape index (κ1) is 22.7. The molecule has 8 nitrogen and oxygen atoms in total. The number of likely N-dealkylation sites (tertiary alicyclic amines) is 1. The van der Waals surface area contributed by atoms with Crippen molar-refractivity contribution >= 4 is 43.9 Å². The fourth-order valence-corrected chi connectivity index (χ4v) is 4.98. The van der Waals surface area contributed by atoms with E-state index in [-0.39, 0.29) is 23.3 Å². The van der Waals surface area contributed by atoms with E-state index in [9.17, 15) is 18.3 Å². The number of fused-ring (bicyclic) bond motifs is 1. The number of amides is 1. The molecule has 1 fully saturated rings. The van der Waals surface area contributed by atoms with Crippen LogP contribution in [0.5, 0.6) is 0 Å². The number of aromatic nitrogens is 2. The molecule has 0 bridgehead atoms. The number of nitrogens with zero attached hydrogens (tertiary/aromatic N) is 3. The van der Waals surface area contributed by atoms with Crippen molar-refractivity contribution < 1.29 is 18.3 Å². The van der Waals surface area contributed by atoms with E-state index in [2.05, 4.69) is 15.3 Å². The van der Waals surface area contributed by atoms with E-state index in [1.807, 2.05) is 0 Å². The number of nitrogens with one attached hydrogen (secondary N) is 1. The number of aliphatic hydroxyl groups excluding tert-OH is 1. The maximum atomic E-state index is 12.6. The normalized spacial score (nSPS) is 15.8. The average Bonchev–Trinajstić information content (AvgIpc) is 3.12. The van der Waals surface area contributed by atoms with Gasteiger partial charge in [0, 0.05) is 41.6 Å². The zero-order valence-corrected chi connectivity index (χ0v) is 19.2. The van der Waals surface area contributed by atoms with Crippen LogP contribution in [0.3, 0.4) is 0 Å². The van der Waals surface area contributed by atoms with E-state index in [0.29, 0.717) is 46.7 Å². The summed E-state index contributed by atoms with van der Waals surface area (Å²) in [7, 11) is -3.55. The van der Waals surface area contributed by atoms with Gasteiger partial charge < -0.3 is 10.4 Å². The van der Waals surface area contributed by atoms with Crippen LogP contribution in [0.15, 0.2) is 47.5 Å². The molecule has 0 saturated carbocycles. The molecule has 1 amide bonds. The van der Waals surface area contributed by atoms with Gasteiger partial charge in [-0.2, -0.15) is 5.10 Å². The summed E-state index contributed by atoms with van der Waals surface area (Å²) in [5, 5.41) is 18.0. The molecule has 1 aliphatic rings. The predicted octanol–water partition coefficient (Wildman–Crippen LogP) is 2.69. The van der Waals surface area contributed by atoms with Crippen molar-refractivity contribution in [3.05, 3.63) is 53.2 Å². The number of hydrogen-bond acceptors (Lipinski definition) is 6. The van der Waals surface area contributed by atoms with Crippen LogP contribution in [0.4, 0.5) is 5.69 Å². The highest BCUT2D eigenvalue weighted by Crippen LogP contribution is 2.28. The molecule has 32 heavy (non-hydrogen) atoms. The van der Waals surface area contributed by atoms with Crippen LogP contribution < -0.4 is 5.32 Å². The van der Waals surface area contributed by atoms with Crippen LogP contribution in [-0.2, 0) is 27.7 Å². The second kappa shape index (κ2) is 9.19. The van der Waals surface area contributed by atoms with E-state index >= 15 is 0 Å². The number of rotatable bonds is 6. The Morgan fingerprint density at radius 2 is 1.97 bits per heavy atom. The highest BCUT2D eigenvalue weighted by atomic mass is 35.5. The second-order valence-corrected chi connectivity index (χ2v) is 10.5. The summed E-state index contributed by atoms with van der Waals surface area (Å²) in [6, 6.07) is 10.2. The predicted molar refractivity (Wildman–Crippen MR) is 123 cm³/mol. The SMILES string of the molecule is CS(=O)(=O)c1cc(NC(=O)Cc2ccccc2Cl)cc2nn(CN3CCC(O)CC3)cc12. The summed E-state index contributed by atoms with van der Waals surface area (Å²) in [5.41, 5.74) is 1.53. The van der Waals surface area contributed by atoms with Gasteiger partial charge in [0.2, 0.25) is 5.91 Å². The van der Waals surface area contributed by atoms with Crippen LogP contribution in [0.1, 0.15) is 18.4 Å². The fraction of sp³-hybridized carbons (Fsp3) is 0.364. The average molecular weight is 477 g/mol. The van der Waals surface area contributed by atoms with Gasteiger partial charge >= 0.3 is 0 Å². The number of piperidine rings is 1. The smallest absolute Gasteiger partial charge is 0.228 e. The van der Waals surface area contributed by atoms with Crippen molar-refractivity contribution in [2.24, 2.45) is 0 Å². The molecular formula is C22H25ClN4O4S. The highest BCUT2D eigenvalue weighted by molar-refractivity contribution is 7.91. The van der Waals surface area contributed by atoms with Gasteiger partial charge in [0.15, 0.2) is 9.84 Å². The van der Waals surface area contributed by atoms with Gasteiger partial charge in [-0.05, 0) is 36.6 Å². The molecule has 2 heterocycles. The summed E-state index contributed by atoms with van der Waals surface area (Å²) >= 11 is 6.14. The molecule has 1 aromatic heterocycles. The molecule has 0 unspecified atom stereocenters. The third-order valence-electron chi connectivity index (χ3n) is 5.53. The Morgan fingerprint density at radius 1 is 1.25 bits per heavy atom. The Morgan fingerprint density at radius 3 is 2.66 bits per heavy atom. The first-order valence-electron chi connectivity index (χ1n) is 10.3. The van der Waals surface area contributed by atoms with Crippen molar-refractivity contribution in [2.75, 3.05) is 24.7 Å². The van der Waals surface area contributed by atoms with Gasteiger partial charge in [0.05, 0.1) is 29.6 Å². The molecule has 1 aliphatic heterocycles. The Hall–Kier alpha value is -2.46. The maximum absolute atomic E-state index is 12.6. The molecule has 10 heteroatoms.